The highest BCUT2D eigenvalue weighted by Gasteiger charge is 2.04. The minimum absolute atomic E-state index is 0.287. The molecule has 0 aliphatic carbocycles. The Bertz CT molecular complexity index is 780. The molecule has 0 unspecified atom stereocenters. The molecule has 21 heavy (non-hydrogen) atoms. The Hall–Kier alpha value is -2.95. The van der Waals surface area contributed by atoms with E-state index in [1.807, 2.05) is 24.3 Å². The van der Waals surface area contributed by atoms with Gasteiger partial charge in [0.25, 0.3) is 0 Å². The van der Waals surface area contributed by atoms with E-state index in [1.54, 1.807) is 30.5 Å². The predicted octanol–water partition coefficient (Wildman–Crippen LogP) is 2.94. The summed E-state index contributed by atoms with van der Waals surface area (Å²) >= 11 is 0. The summed E-state index contributed by atoms with van der Waals surface area (Å²) in [6, 6.07) is 14.6. The van der Waals surface area contributed by atoms with Gasteiger partial charge in [0.05, 0.1) is 23.0 Å². The lowest BCUT2D eigenvalue weighted by Gasteiger charge is -2.08. The molecular weight excluding hydrogens is 266 g/mol. The molecule has 2 N–H and O–H groups in total. The highest BCUT2D eigenvalue weighted by atomic mass is 16.4. The minimum atomic E-state index is -0.918. The Morgan fingerprint density at radius 3 is 2.62 bits per heavy atom. The predicted molar refractivity (Wildman–Crippen MR) is 80.3 cm³/mol. The molecule has 2 aromatic carbocycles. The van der Waals surface area contributed by atoms with Gasteiger partial charge in [0, 0.05) is 11.9 Å². The molecule has 3 rings (SSSR count). The number of rotatable bonds is 4. The van der Waals surface area contributed by atoms with Gasteiger partial charge < -0.3 is 10.4 Å². The number of carboxylic acid groups (broad SMARTS) is 1. The van der Waals surface area contributed by atoms with Crippen LogP contribution in [-0.2, 0) is 6.54 Å². The third kappa shape index (κ3) is 2.81. The maximum Gasteiger partial charge on any atom is 0.335 e. The first-order chi connectivity index (χ1) is 10.2. The van der Waals surface area contributed by atoms with Gasteiger partial charge in [-0.05, 0) is 23.8 Å². The number of hydrogen-bond donors (Lipinski definition) is 2. The maximum atomic E-state index is 10.8. The monoisotopic (exact) mass is 279 g/mol. The fourth-order valence-electron chi connectivity index (χ4n) is 2.11. The van der Waals surface area contributed by atoms with Crippen LogP contribution in [-0.4, -0.2) is 21.3 Å². The van der Waals surface area contributed by atoms with Gasteiger partial charge >= 0.3 is 5.97 Å². The smallest absolute Gasteiger partial charge is 0.335 e. The maximum absolute atomic E-state index is 10.8. The Labute approximate surface area is 121 Å². The van der Waals surface area contributed by atoms with Crippen molar-refractivity contribution in [2.24, 2.45) is 0 Å². The number of nitrogens with zero attached hydrogens (tertiary/aromatic N) is 2. The lowest BCUT2D eigenvalue weighted by Crippen LogP contribution is -2.02. The lowest BCUT2D eigenvalue weighted by atomic mass is 10.1. The Morgan fingerprint density at radius 1 is 1.10 bits per heavy atom. The SMILES string of the molecule is O=C(O)c1ccc(CNc2cnnc3ccccc23)cc1. The van der Waals surface area contributed by atoms with E-state index < -0.39 is 5.97 Å². The second-order valence-corrected chi connectivity index (χ2v) is 4.63. The number of fused-ring (bicyclic) bond motifs is 1. The summed E-state index contributed by atoms with van der Waals surface area (Å²) in [6.07, 6.45) is 1.69. The Balaban J connectivity index is 1.79. The van der Waals surface area contributed by atoms with E-state index in [4.69, 9.17) is 5.11 Å². The molecule has 0 atom stereocenters. The van der Waals surface area contributed by atoms with Crippen molar-refractivity contribution in [1.82, 2.24) is 10.2 Å². The quantitative estimate of drug-likeness (QED) is 0.768. The van der Waals surface area contributed by atoms with Crippen molar-refractivity contribution in [1.29, 1.82) is 0 Å². The summed E-state index contributed by atoms with van der Waals surface area (Å²) in [5.41, 5.74) is 3.03. The van der Waals surface area contributed by atoms with Crippen LogP contribution in [0.4, 0.5) is 5.69 Å². The number of aromatic nitrogens is 2. The van der Waals surface area contributed by atoms with Gasteiger partial charge in [0.15, 0.2) is 0 Å². The molecule has 0 radical (unpaired) electrons. The second kappa shape index (κ2) is 5.58. The first kappa shape index (κ1) is 13.1. The van der Waals surface area contributed by atoms with Crippen molar-refractivity contribution < 1.29 is 9.90 Å². The van der Waals surface area contributed by atoms with E-state index in [0.717, 1.165) is 22.2 Å². The van der Waals surface area contributed by atoms with Crippen LogP contribution in [0.1, 0.15) is 15.9 Å². The molecule has 0 fully saturated rings. The highest BCUT2D eigenvalue weighted by molar-refractivity contribution is 5.90. The molecule has 1 heterocycles. The number of anilines is 1. The van der Waals surface area contributed by atoms with Crippen LogP contribution < -0.4 is 5.32 Å². The molecule has 0 spiro atoms. The average molecular weight is 279 g/mol. The van der Waals surface area contributed by atoms with E-state index in [0.29, 0.717) is 6.54 Å². The van der Waals surface area contributed by atoms with Crippen LogP contribution in [0.5, 0.6) is 0 Å². The van der Waals surface area contributed by atoms with E-state index in [-0.39, 0.29) is 5.56 Å². The van der Waals surface area contributed by atoms with Crippen LogP contribution in [0.2, 0.25) is 0 Å². The number of carboxylic acids is 1. The minimum Gasteiger partial charge on any atom is -0.478 e. The summed E-state index contributed by atoms with van der Waals surface area (Å²) in [5.74, 6) is -0.918. The van der Waals surface area contributed by atoms with Gasteiger partial charge in [-0.3, -0.25) is 0 Å². The summed E-state index contributed by atoms with van der Waals surface area (Å²) in [6.45, 7) is 0.593. The fraction of sp³-hybridized carbons (Fsp3) is 0.0625. The fourth-order valence-corrected chi connectivity index (χ4v) is 2.11. The third-order valence-corrected chi connectivity index (χ3v) is 3.23. The molecule has 0 aliphatic rings. The first-order valence-corrected chi connectivity index (χ1v) is 6.50. The molecule has 5 heteroatoms. The summed E-state index contributed by atoms with van der Waals surface area (Å²) < 4.78 is 0. The molecule has 5 nitrogen and oxygen atoms in total. The largest absolute Gasteiger partial charge is 0.478 e. The second-order valence-electron chi connectivity index (χ2n) is 4.63. The van der Waals surface area contributed by atoms with Gasteiger partial charge in [-0.25, -0.2) is 4.79 Å². The molecule has 0 saturated heterocycles. The summed E-state index contributed by atoms with van der Waals surface area (Å²) in [5, 5.41) is 21.2. The molecule has 0 aliphatic heterocycles. The van der Waals surface area contributed by atoms with Gasteiger partial charge in [-0.2, -0.15) is 10.2 Å². The van der Waals surface area contributed by atoms with Gasteiger partial charge in [-0.1, -0.05) is 30.3 Å². The zero-order valence-corrected chi connectivity index (χ0v) is 11.2. The lowest BCUT2D eigenvalue weighted by molar-refractivity contribution is 0.0697. The van der Waals surface area contributed by atoms with Crippen LogP contribution in [0.25, 0.3) is 10.9 Å². The Morgan fingerprint density at radius 2 is 1.86 bits per heavy atom. The van der Waals surface area contributed by atoms with Crippen LogP contribution in [0, 0.1) is 0 Å². The molecule has 1 aromatic heterocycles. The third-order valence-electron chi connectivity index (χ3n) is 3.23. The molecule has 0 saturated carbocycles. The molecule has 104 valence electrons. The molecule has 0 bridgehead atoms. The number of carbonyl (C=O) groups is 1. The summed E-state index contributed by atoms with van der Waals surface area (Å²) in [7, 11) is 0. The number of hydrogen-bond acceptors (Lipinski definition) is 4. The number of aromatic carboxylic acids is 1. The van der Waals surface area contributed by atoms with E-state index in [2.05, 4.69) is 15.5 Å². The van der Waals surface area contributed by atoms with Gasteiger partial charge in [0.1, 0.15) is 0 Å². The van der Waals surface area contributed by atoms with Crippen molar-refractivity contribution in [3.63, 3.8) is 0 Å². The van der Waals surface area contributed by atoms with Crippen LogP contribution in [0.15, 0.2) is 54.7 Å². The van der Waals surface area contributed by atoms with Crippen molar-refractivity contribution >= 4 is 22.6 Å². The number of benzene rings is 2. The van der Waals surface area contributed by atoms with Gasteiger partial charge in [0.2, 0.25) is 0 Å². The van der Waals surface area contributed by atoms with Crippen molar-refractivity contribution in [2.75, 3.05) is 5.32 Å². The highest BCUT2D eigenvalue weighted by Crippen LogP contribution is 2.20. The topological polar surface area (TPSA) is 75.1 Å². The van der Waals surface area contributed by atoms with E-state index in [9.17, 15) is 4.79 Å². The average Bonchev–Trinajstić information content (AvgIpc) is 2.53. The molecular formula is C16H13N3O2. The molecule has 3 aromatic rings. The Kier molecular flexibility index (Phi) is 3.47. The van der Waals surface area contributed by atoms with E-state index >= 15 is 0 Å². The van der Waals surface area contributed by atoms with Gasteiger partial charge in [-0.15, -0.1) is 0 Å². The van der Waals surface area contributed by atoms with Crippen LogP contribution >= 0.6 is 0 Å². The molecule has 0 amide bonds. The normalized spacial score (nSPS) is 10.5. The zero-order chi connectivity index (χ0) is 14.7. The van der Waals surface area contributed by atoms with Crippen molar-refractivity contribution in [3.05, 3.63) is 65.9 Å². The van der Waals surface area contributed by atoms with E-state index in [1.165, 1.54) is 0 Å². The zero-order valence-electron chi connectivity index (χ0n) is 11.2. The van der Waals surface area contributed by atoms with Crippen molar-refractivity contribution in [2.45, 2.75) is 6.54 Å². The van der Waals surface area contributed by atoms with Crippen LogP contribution in [0.3, 0.4) is 0 Å². The number of nitrogens with one attached hydrogen (secondary N) is 1. The van der Waals surface area contributed by atoms with Crippen molar-refractivity contribution in [3.8, 4) is 0 Å². The summed E-state index contributed by atoms with van der Waals surface area (Å²) in [4.78, 5) is 10.8. The standard InChI is InChI=1S/C16H13N3O2/c20-16(21)12-7-5-11(6-8-12)9-17-15-10-18-19-14-4-2-1-3-13(14)15/h1-8,10H,9H2,(H,17,19)(H,20,21). The first-order valence-electron chi connectivity index (χ1n) is 6.50.